The fourth-order valence-electron chi connectivity index (χ4n) is 2.80. The zero-order chi connectivity index (χ0) is 20.9. The number of rotatable bonds is 6. The molecular formula is C22H15FN4O2S. The molecule has 1 heterocycles. The van der Waals surface area contributed by atoms with Crippen LogP contribution >= 0.6 is 11.3 Å². The number of benzene rings is 3. The van der Waals surface area contributed by atoms with Crippen LogP contribution in [-0.4, -0.2) is 16.1 Å². The van der Waals surface area contributed by atoms with Crippen molar-refractivity contribution in [3.8, 4) is 21.7 Å². The Morgan fingerprint density at radius 1 is 0.967 bits per heavy atom. The first-order valence-electron chi connectivity index (χ1n) is 8.96. The van der Waals surface area contributed by atoms with Gasteiger partial charge in [0.25, 0.3) is 5.69 Å². The van der Waals surface area contributed by atoms with Crippen LogP contribution in [0, 0.1) is 15.9 Å². The lowest BCUT2D eigenvalue weighted by Crippen LogP contribution is -1.90. The maximum absolute atomic E-state index is 13.0. The van der Waals surface area contributed by atoms with E-state index in [0.717, 1.165) is 27.3 Å². The van der Waals surface area contributed by atoms with E-state index in [2.05, 4.69) is 15.5 Å². The first-order chi connectivity index (χ1) is 14.6. The highest BCUT2D eigenvalue weighted by molar-refractivity contribution is 7.19. The van der Waals surface area contributed by atoms with Crippen LogP contribution in [0.1, 0.15) is 5.56 Å². The summed E-state index contributed by atoms with van der Waals surface area (Å²) in [7, 11) is 0. The molecule has 0 radical (unpaired) electrons. The molecule has 8 heteroatoms. The van der Waals surface area contributed by atoms with Gasteiger partial charge in [0.2, 0.25) is 5.13 Å². The van der Waals surface area contributed by atoms with E-state index in [1.165, 1.54) is 35.6 Å². The lowest BCUT2D eigenvalue weighted by molar-refractivity contribution is -0.384. The molecule has 4 aromatic rings. The molecule has 0 bridgehead atoms. The Morgan fingerprint density at radius 3 is 2.33 bits per heavy atom. The fourth-order valence-corrected chi connectivity index (χ4v) is 3.74. The van der Waals surface area contributed by atoms with Crippen LogP contribution in [0.4, 0.5) is 15.2 Å². The maximum atomic E-state index is 13.0. The van der Waals surface area contributed by atoms with Gasteiger partial charge in [0.05, 0.1) is 21.7 Å². The third kappa shape index (κ3) is 4.39. The van der Waals surface area contributed by atoms with E-state index in [4.69, 9.17) is 0 Å². The highest BCUT2D eigenvalue weighted by Gasteiger charge is 2.16. The summed E-state index contributed by atoms with van der Waals surface area (Å²) in [5, 5.41) is 15.7. The molecule has 0 fully saturated rings. The highest BCUT2D eigenvalue weighted by atomic mass is 32.1. The van der Waals surface area contributed by atoms with Crippen molar-refractivity contribution >= 4 is 28.4 Å². The van der Waals surface area contributed by atoms with Crippen molar-refractivity contribution in [2.75, 3.05) is 5.43 Å². The molecule has 30 heavy (non-hydrogen) atoms. The van der Waals surface area contributed by atoms with E-state index in [-0.39, 0.29) is 11.5 Å². The molecule has 0 aliphatic rings. The van der Waals surface area contributed by atoms with Gasteiger partial charge in [-0.2, -0.15) is 5.10 Å². The van der Waals surface area contributed by atoms with Gasteiger partial charge in [-0.25, -0.2) is 9.37 Å². The van der Waals surface area contributed by atoms with Gasteiger partial charge in [0.15, 0.2) is 0 Å². The first kappa shape index (κ1) is 19.4. The molecule has 0 unspecified atom stereocenters. The molecule has 0 atom stereocenters. The van der Waals surface area contributed by atoms with Crippen molar-refractivity contribution in [2.24, 2.45) is 5.10 Å². The summed E-state index contributed by atoms with van der Waals surface area (Å²) in [6.07, 6.45) is 1.58. The maximum Gasteiger partial charge on any atom is 0.269 e. The first-order valence-corrected chi connectivity index (χ1v) is 9.77. The lowest BCUT2D eigenvalue weighted by Gasteiger charge is -2.02. The number of hydrogen-bond acceptors (Lipinski definition) is 6. The number of nitro benzene ring substituents is 1. The van der Waals surface area contributed by atoms with Crippen LogP contribution in [0.5, 0.6) is 0 Å². The van der Waals surface area contributed by atoms with E-state index in [0.29, 0.717) is 5.13 Å². The quantitative estimate of drug-likeness (QED) is 0.238. The minimum atomic E-state index is -0.425. The molecule has 0 amide bonds. The molecule has 6 nitrogen and oxygen atoms in total. The monoisotopic (exact) mass is 418 g/mol. The minimum absolute atomic E-state index is 0.0340. The van der Waals surface area contributed by atoms with Gasteiger partial charge < -0.3 is 0 Å². The molecule has 0 aliphatic carbocycles. The van der Waals surface area contributed by atoms with Crippen molar-refractivity contribution in [2.45, 2.75) is 0 Å². The van der Waals surface area contributed by atoms with Gasteiger partial charge >= 0.3 is 0 Å². The Kier molecular flexibility index (Phi) is 5.58. The van der Waals surface area contributed by atoms with Crippen LogP contribution < -0.4 is 5.43 Å². The number of nitrogens with zero attached hydrogens (tertiary/aromatic N) is 3. The van der Waals surface area contributed by atoms with Crippen molar-refractivity contribution in [1.29, 1.82) is 0 Å². The van der Waals surface area contributed by atoms with Gasteiger partial charge in [0.1, 0.15) is 5.82 Å². The Labute approximate surface area is 175 Å². The smallest absolute Gasteiger partial charge is 0.258 e. The molecule has 4 rings (SSSR count). The zero-order valence-corrected chi connectivity index (χ0v) is 16.3. The number of halogens is 1. The molecule has 148 valence electrons. The molecule has 0 saturated heterocycles. The molecule has 1 N–H and O–H groups in total. The average molecular weight is 418 g/mol. The van der Waals surface area contributed by atoms with Crippen LogP contribution in [0.2, 0.25) is 0 Å². The Bertz CT molecular complexity index is 1190. The number of hydrazone groups is 1. The second-order valence-electron chi connectivity index (χ2n) is 6.29. The van der Waals surface area contributed by atoms with Crippen LogP contribution in [0.25, 0.3) is 21.7 Å². The van der Waals surface area contributed by atoms with Crippen molar-refractivity contribution in [1.82, 2.24) is 4.98 Å². The molecular weight excluding hydrogens is 403 g/mol. The Morgan fingerprint density at radius 2 is 1.67 bits per heavy atom. The number of anilines is 1. The normalized spacial score (nSPS) is 11.0. The summed E-state index contributed by atoms with van der Waals surface area (Å²) < 4.78 is 13.0. The summed E-state index contributed by atoms with van der Waals surface area (Å²) in [5.74, 6) is -0.305. The number of aromatic nitrogens is 1. The van der Waals surface area contributed by atoms with Gasteiger partial charge in [-0.05, 0) is 35.4 Å². The number of thiazole rings is 1. The Balaban J connectivity index is 1.65. The summed E-state index contributed by atoms with van der Waals surface area (Å²) in [5.41, 5.74) is 6.21. The standard InChI is InChI=1S/C22H15FN4O2S/c23-18-10-6-15(7-11-18)14-24-26-22-25-20(16-4-2-1-3-5-16)21(30-22)17-8-12-19(13-9-17)27(28)29/h1-14H,(H,25,26)/b24-14-. The van der Waals surface area contributed by atoms with E-state index in [9.17, 15) is 14.5 Å². The van der Waals surface area contributed by atoms with E-state index in [1.54, 1.807) is 30.5 Å². The SMILES string of the molecule is O=[N+]([O-])c1ccc(-c2sc(N/N=C\c3ccc(F)cc3)nc2-c2ccccc2)cc1. The summed E-state index contributed by atoms with van der Waals surface area (Å²) in [4.78, 5) is 16.0. The molecule has 0 spiro atoms. The molecule has 3 aromatic carbocycles. The van der Waals surface area contributed by atoms with Gasteiger partial charge in [0, 0.05) is 17.7 Å². The molecule has 1 aromatic heterocycles. The van der Waals surface area contributed by atoms with Gasteiger partial charge in [-0.3, -0.25) is 15.5 Å². The number of nitro groups is 1. The van der Waals surface area contributed by atoms with E-state index in [1.807, 2.05) is 30.3 Å². The minimum Gasteiger partial charge on any atom is -0.258 e. The topological polar surface area (TPSA) is 80.4 Å². The lowest BCUT2D eigenvalue weighted by atomic mass is 10.1. The number of non-ortho nitro benzene ring substituents is 1. The number of nitrogens with one attached hydrogen (secondary N) is 1. The second-order valence-corrected chi connectivity index (χ2v) is 7.29. The predicted octanol–water partition coefficient (Wildman–Crippen LogP) is 5.97. The summed E-state index contributed by atoms with van der Waals surface area (Å²) in [6, 6.07) is 22.0. The van der Waals surface area contributed by atoms with Crippen molar-refractivity contribution < 1.29 is 9.31 Å². The number of hydrogen-bond donors (Lipinski definition) is 1. The fraction of sp³-hybridized carbons (Fsp3) is 0. The zero-order valence-electron chi connectivity index (χ0n) is 15.5. The van der Waals surface area contributed by atoms with Crippen LogP contribution in [0.15, 0.2) is 84.0 Å². The van der Waals surface area contributed by atoms with Crippen molar-refractivity contribution in [3.05, 3.63) is 100 Å². The average Bonchev–Trinajstić information content (AvgIpc) is 3.20. The van der Waals surface area contributed by atoms with E-state index < -0.39 is 4.92 Å². The third-order valence-electron chi connectivity index (χ3n) is 4.26. The predicted molar refractivity (Wildman–Crippen MR) is 117 cm³/mol. The Hall–Kier alpha value is -3.91. The highest BCUT2D eigenvalue weighted by Crippen LogP contribution is 2.39. The second kappa shape index (κ2) is 8.62. The van der Waals surface area contributed by atoms with Gasteiger partial charge in [-0.15, -0.1) is 0 Å². The largest absolute Gasteiger partial charge is 0.269 e. The van der Waals surface area contributed by atoms with Gasteiger partial charge in [-0.1, -0.05) is 53.8 Å². The van der Waals surface area contributed by atoms with Crippen molar-refractivity contribution in [3.63, 3.8) is 0 Å². The third-order valence-corrected chi connectivity index (χ3v) is 5.27. The molecule has 0 aliphatic heterocycles. The van der Waals surface area contributed by atoms with Crippen LogP contribution in [0.3, 0.4) is 0 Å². The summed E-state index contributed by atoms with van der Waals surface area (Å²) >= 11 is 1.39. The molecule has 0 saturated carbocycles. The van der Waals surface area contributed by atoms with E-state index >= 15 is 0 Å². The van der Waals surface area contributed by atoms with Crippen LogP contribution in [-0.2, 0) is 0 Å². The summed E-state index contributed by atoms with van der Waals surface area (Å²) in [6.45, 7) is 0.